The normalized spacial score (nSPS) is 11.4. The molecule has 0 aliphatic carbocycles. The molecule has 1 heterocycles. The monoisotopic (exact) mass is 755 g/mol. The van der Waals surface area contributed by atoms with Gasteiger partial charge in [0.15, 0.2) is 0 Å². The quantitative estimate of drug-likeness (QED) is 0.157. The summed E-state index contributed by atoms with van der Waals surface area (Å²) in [5.41, 5.74) is 12.9. The van der Waals surface area contributed by atoms with Gasteiger partial charge in [0.2, 0.25) is 0 Å². The fourth-order valence-corrected chi connectivity index (χ4v) is 9.88. The SMILES string of the molecule is c1ccc(-c2ccc(N(c3cccc(-c4cccc5ccccc45)c3)c3ccc(-c4cccc5c4sc4cc6ccccc6cc45)cc3-c3ccccc3)cc2)cc1. The Bertz CT molecular complexity index is 3270. The van der Waals surface area contributed by atoms with E-state index in [0.29, 0.717) is 0 Å². The molecule has 0 N–H and O–H groups in total. The molecule has 0 aliphatic heterocycles. The van der Waals surface area contributed by atoms with Crippen LogP contribution in [-0.2, 0) is 0 Å². The van der Waals surface area contributed by atoms with Gasteiger partial charge in [-0.2, -0.15) is 0 Å². The fraction of sp³-hybridized carbons (Fsp3) is 0. The molecule has 58 heavy (non-hydrogen) atoms. The predicted molar refractivity (Wildman–Crippen MR) is 251 cm³/mol. The van der Waals surface area contributed by atoms with Gasteiger partial charge in [0.1, 0.15) is 0 Å². The van der Waals surface area contributed by atoms with Crippen molar-refractivity contribution in [2.24, 2.45) is 0 Å². The summed E-state index contributed by atoms with van der Waals surface area (Å²) in [6.45, 7) is 0. The van der Waals surface area contributed by atoms with E-state index in [-0.39, 0.29) is 0 Å². The molecule has 11 rings (SSSR count). The van der Waals surface area contributed by atoms with Gasteiger partial charge in [-0.25, -0.2) is 0 Å². The molecule has 0 radical (unpaired) electrons. The summed E-state index contributed by atoms with van der Waals surface area (Å²) in [4.78, 5) is 2.43. The zero-order valence-electron chi connectivity index (χ0n) is 31.7. The number of benzene rings is 10. The van der Waals surface area contributed by atoms with E-state index in [4.69, 9.17) is 0 Å². The minimum atomic E-state index is 1.10. The van der Waals surface area contributed by atoms with E-state index in [9.17, 15) is 0 Å². The fourth-order valence-electron chi connectivity index (χ4n) is 8.61. The van der Waals surface area contributed by atoms with Crippen molar-refractivity contribution in [2.75, 3.05) is 4.90 Å². The third kappa shape index (κ3) is 6.03. The van der Waals surface area contributed by atoms with Crippen LogP contribution in [0, 0.1) is 0 Å². The minimum Gasteiger partial charge on any atom is -0.310 e. The van der Waals surface area contributed by atoms with Gasteiger partial charge in [0.25, 0.3) is 0 Å². The van der Waals surface area contributed by atoms with Crippen LogP contribution in [0.3, 0.4) is 0 Å². The maximum Gasteiger partial charge on any atom is 0.0540 e. The number of rotatable bonds is 7. The third-order valence-corrected chi connectivity index (χ3v) is 12.6. The lowest BCUT2D eigenvalue weighted by atomic mass is 9.94. The predicted octanol–water partition coefficient (Wildman–Crippen LogP) is 16.5. The Morgan fingerprint density at radius 2 is 0.862 bits per heavy atom. The Labute approximate surface area is 342 Å². The summed E-state index contributed by atoms with van der Waals surface area (Å²) < 4.78 is 2.63. The molecule has 10 aromatic carbocycles. The summed E-state index contributed by atoms with van der Waals surface area (Å²) in [7, 11) is 0. The second-order valence-electron chi connectivity index (χ2n) is 14.9. The van der Waals surface area contributed by atoms with Crippen molar-refractivity contribution in [3.8, 4) is 44.5 Å². The summed E-state index contributed by atoms with van der Waals surface area (Å²) in [5.74, 6) is 0. The Hall–Kier alpha value is -7.26. The van der Waals surface area contributed by atoms with E-state index < -0.39 is 0 Å². The highest BCUT2D eigenvalue weighted by atomic mass is 32.1. The topological polar surface area (TPSA) is 3.24 Å². The molecule has 0 saturated carbocycles. The maximum absolute atomic E-state index is 2.43. The van der Waals surface area contributed by atoms with Gasteiger partial charge in [-0.05, 0) is 109 Å². The van der Waals surface area contributed by atoms with Crippen molar-refractivity contribution in [3.05, 3.63) is 224 Å². The molecule has 0 atom stereocenters. The van der Waals surface area contributed by atoms with Crippen LogP contribution < -0.4 is 4.90 Å². The van der Waals surface area contributed by atoms with E-state index in [1.807, 2.05) is 11.3 Å². The highest BCUT2D eigenvalue weighted by Crippen LogP contribution is 2.47. The Balaban J connectivity index is 1.11. The molecule has 272 valence electrons. The smallest absolute Gasteiger partial charge is 0.0540 e. The maximum atomic E-state index is 2.43. The highest BCUT2D eigenvalue weighted by molar-refractivity contribution is 7.26. The number of fused-ring (bicyclic) bond motifs is 5. The van der Waals surface area contributed by atoms with Gasteiger partial charge in [-0.1, -0.05) is 176 Å². The molecule has 0 unspecified atom stereocenters. The Morgan fingerprint density at radius 3 is 1.67 bits per heavy atom. The first kappa shape index (κ1) is 34.0. The van der Waals surface area contributed by atoms with Crippen LogP contribution in [0.5, 0.6) is 0 Å². The van der Waals surface area contributed by atoms with Gasteiger partial charge in [-0.3, -0.25) is 0 Å². The molecule has 2 heteroatoms. The number of hydrogen-bond donors (Lipinski definition) is 0. The third-order valence-electron chi connectivity index (χ3n) is 11.4. The molecular weight excluding hydrogens is 719 g/mol. The Kier molecular flexibility index (Phi) is 8.42. The average Bonchev–Trinajstić information content (AvgIpc) is 3.66. The molecule has 0 saturated heterocycles. The Morgan fingerprint density at radius 1 is 0.293 bits per heavy atom. The van der Waals surface area contributed by atoms with E-state index in [1.165, 1.54) is 86.2 Å². The average molecular weight is 756 g/mol. The minimum absolute atomic E-state index is 1.10. The van der Waals surface area contributed by atoms with Gasteiger partial charge in [0, 0.05) is 37.1 Å². The second kappa shape index (κ2) is 14.4. The van der Waals surface area contributed by atoms with Crippen LogP contribution in [0.1, 0.15) is 0 Å². The zero-order chi connectivity index (χ0) is 38.4. The highest BCUT2D eigenvalue weighted by Gasteiger charge is 2.21. The van der Waals surface area contributed by atoms with Crippen LogP contribution in [-0.4, -0.2) is 0 Å². The summed E-state index contributed by atoms with van der Waals surface area (Å²) in [5, 5.41) is 7.66. The van der Waals surface area contributed by atoms with Crippen LogP contribution >= 0.6 is 11.3 Å². The molecule has 0 spiro atoms. The van der Waals surface area contributed by atoms with E-state index in [0.717, 1.165) is 17.1 Å². The first-order valence-electron chi connectivity index (χ1n) is 19.8. The van der Waals surface area contributed by atoms with Gasteiger partial charge in [0.05, 0.1) is 5.69 Å². The summed E-state index contributed by atoms with van der Waals surface area (Å²) in [6, 6.07) is 82.0. The van der Waals surface area contributed by atoms with Crippen molar-refractivity contribution in [1.29, 1.82) is 0 Å². The van der Waals surface area contributed by atoms with E-state index >= 15 is 0 Å². The van der Waals surface area contributed by atoms with Gasteiger partial charge < -0.3 is 4.90 Å². The second-order valence-corrected chi connectivity index (χ2v) is 16.0. The van der Waals surface area contributed by atoms with Crippen molar-refractivity contribution in [2.45, 2.75) is 0 Å². The zero-order valence-corrected chi connectivity index (χ0v) is 32.5. The molecule has 0 fully saturated rings. The molecule has 1 nitrogen and oxygen atoms in total. The lowest BCUT2D eigenvalue weighted by Gasteiger charge is -2.29. The van der Waals surface area contributed by atoms with Gasteiger partial charge >= 0.3 is 0 Å². The van der Waals surface area contributed by atoms with Crippen molar-refractivity contribution < 1.29 is 0 Å². The molecular formula is C56H37NS. The molecule has 0 bridgehead atoms. The lowest BCUT2D eigenvalue weighted by Crippen LogP contribution is -2.11. The van der Waals surface area contributed by atoms with Crippen molar-refractivity contribution in [1.82, 2.24) is 0 Å². The van der Waals surface area contributed by atoms with E-state index in [1.54, 1.807) is 0 Å². The van der Waals surface area contributed by atoms with Crippen LogP contribution in [0.4, 0.5) is 17.1 Å². The number of anilines is 3. The van der Waals surface area contributed by atoms with E-state index in [2.05, 4.69) is 229 Å². The molecule has 0 aliphatic rings. The van der Waals surface area contributed by atoms with Gasteiger partial charge in [-0.15, -0.1) is 11.3 Å². The number of hydrogen-bond acceptors (Lipinski definition) is 2. The molecule has 1 aromatic heterocycles. The molecule has 11 aromatic rings. The first-order chi connectivity index (χ1) is 28.7. The van der Waals surface area contributed by atoms with Crippen LogP contribution in [0.2, 0.25) is 0 Å². The van der Waals surface area contributed by atoms with Crippen LogP contribution in [0.15, 0.2) is 224 Å². The first-order valence-corrected chi connectivity index (χ1v) is 20.6. The largest absolute Gasteiger partial charge is 0.310 e. The van der Waals surface area contributed by atoms with Crippen LogP contribution in [0.25, 0.3) is 86.2 Å². The molecule has 0 amide bonds. The summed E-state index contributed by atoms with van der Waals surface area (Å²) >= 11 is 1.89. The van der Waals surface area contributed by atoms with Crippen molar-refractivity contribution >= 4 is 70.1 Å². The van der Waals surface area contributed by atoms with Crippen molar-refractivity contribution in [3.63, 3.8) is 0 Å². The number of nitrogens with zero attached hydrogens (tertiary/aromatic N) is 1. The summed E-state index contributed by atoms with van der Waals surface area (Å²) in [6.07, 6.45) is 0. The standard InChI is InChI=1S/C56H37NS/c1-3-14-38(15-4-1)39-28-31-46(32-29-39)57(47-23-11-22-44(34-47)49-25-12-21-40-18-9-10-24-48(40)49)54-33-30-45(36-52(54)41-16-5-2-6-17-41)50-26-13-27-51-53-35-42-19-7-8-20-43(42)37-55(53)58-56(50)51/h1-37H. The number of thiophene rings is 1. The lowest BCUT2D eigenvalue weighted by molar-refractivity contribution is 1.28.